The topological polar surface area (TPSA) is 117 Å². The largest absolute Gasteiger partial charge is 0.419 e. The number of aryl methyl sites for hydroxylation is 1. The summed E-state index contributed by atoms with van der Waals surface area (Å²) in [5.41, 5.74) is -0.0263. The van der Waals surface area contributed by atoms with Gasteiger partial charge in [0.2, 0.25) is 17.7 Å². The molecule has 5 rings (SSSR count). The van der Waals surface area contributed by atoms with E-state index in [0.717, 1.165) is 19.0 Å². The average molecular weight is 458 g/mol. The maximum Gasteiger partial charge on any atom is 0.419 e. The molecule has 0 aliphatic carbocycles. The van der Waals surface area contributed by atoms with Crippen molar-refractivity contribution >= 4 is 17.0 Å². The summed E-state index contributed by atoms with van der Waals surface area (Å²) >= 11 is 0. The Morgan fingerprint density at radius 1 is 1.15 bits per heavy atom. The molecule has 3 N–H and O–H groups in total. The van der Waals surface area contributed by atoms with E-state index in [-0.39, 0.29) is 23.2 Å². The van der Waals surface area contributed by atoms with E-state index < -0.39 is 11.7 Å². The number of hydrogen-bond acceptors (Lipinski definition) is 8. The smallest absolute Gasteiger partial charge is 0.350 e. The van der Waals surface area contributed by atoms with Crippen molar-refractivity contribution in [3.63, 3.8) is 0 Å². The second kappa shape index (κ2) is 8.10. The first-order valence-corrected chi connectivity index (χ1v) is 10.5. The molecule has 1 saturated heterocycles. The van der Waals surface area contributed by atoms with Crippen molar-refractivity contribution < 1.29 is 17.7 Å². The molecule has 1 fully saturated rings. The third-order valence-electron chi connectivity index (χ3n) is 5.64. The number of fused-ring (bicyclic) bond motifs is 1. The van der Waals surface area contributed by atoms with Crippen molar-refractivity contribution in [1.29, 1.82) is 0 Å². The molecule has 5 heterocycles. The molecule has 172 valence electrons. The molecular weight excluding hydrogens is 437 g/mol. The fourth-order valence-corrected chi connectivity index (χ4v) is 3.90. The highest BCUT2D eigenvalue weighted by atomic mass is 19.4. The van der Waals surface area contributed by atoms with E-state index in [1.807, 2.05) is 0 Å². The predicted octanol–water partition coefficient (Wildman–Crippen LogP) is 3.95. The summed E-state index contributed by atoms with van der Waals surface area (Å²) in [4.78, 5) is 19.7. The van der Waals surface area contributed by atoms with Crippen molar-refractivity contribution in [3.05, 3.63) is 36.0 Å². The molecule has 4 aromatic heterocycles. The molecular formula is C21H21F3N8O. The lowest BCUT2D eigenvalue weighted by molar-refractivity contribution is -0.137. The second-order valence-corrected chi connectivity index (χ2v) is 8.11. The van der Waals surface area contributed by atoms with Crippen LogP contribution in [-0.4, -0.2) is 48.7 Å². The number of rotatable bonds is 4. The Hall–Kier alpha value is -3.54. The maximum absolute atomic E-state index is 13.8. The van der Waals surface area contributed by atoms with Crippen LogP contribution in [-0.2, 0) is 6.18 Å². The summed E-state index contributed by atoms with van der Waals surface area (Å²) in [6.07, 6.45) is -0.486. The molecule has 2 atom stereocenters. The molecule has 1 aliphatic heterocycles. The Kier molecular flexibility index (Phi) is 5.23. The van der Waals surface area contributed by atoms with E-state index in [1.54, 1.807) is 19.1 Å². The molecule has 0 spiro atoms. The summed E-state index contributed by atoms with van der Waals surface area (Å²) < 4.78 is 46.4. The zero-order valence-electron chi connectivity index (χ0n) is 17.9. The fourth-order valence-electron chi connectivity index (χ4n) is 3.90. The molecule has 1 aliphatic rings. The van der Waals surface area contributed by atoms with Gasteiger partial charge in [-0.25, -0.2) is 15.0 Å². The van der Waals surface area contributed by atoms with Crippen LogP contribution in [0.3, 0.4) is 0 Å². The molecule has 0 radical (unpaired) electrons. The van der Waals surface area contributed by atoms with Crippen LogP contribution >= 0.6 is 0 Å². The monoisotopic (exact) mass is 458 g/mol. The molecule has 0 unspecified atom stereocenters. The average Bonchev–Trinajstić information content (AvgIpc) is 3.40. The summed E-state index contributed by atoms with van der Waals surface area (Å²) in [7, 11) is 0. The Labute approximate surface area is 186 Å². The number of aromatic nitrogens is 6. The zero-order chi connectivity index (χ0) is 23.2. The number of nitrogens with zero attached hydrogens (tertiary/aromatic N) is 5. The molecule has 12 heteroatoms. The number of halogens is 3. The first kappa shape index (κ1) is 21.3. The van der Waals surface area contributed by atoms with Gasteiger partial charge >= 0.3 is 6.18 Å². The second-order valence-electron chi connectivity index (χ2n) is 8.11. The zero-order valence-corrected chi connectivity index (χ0v) is 17.9. The number of pyridine rings is 1. The quantitative estimate of drug-likeness (QED) is 0.421. The molecule has 0 bridgehead atoms. The van der Waals surface area contributed by atoms with Gasteiger partial charge in [0.1, 0.15) is 16.9 Å². The third-order valence-corrected chi connectivity index (χ3v) is 5.64. The van der Waals surface area contributed by atoms with Crippen molar-refractivity contribution in [1.82, 2.24) is 35.4 Å². The third kappa shape index (κ3) is 4.25. The van der Waals surface area contributed by atoms with Crippen LogP contribution in [0.4, 0.5) is 19.1 Å². The first-order valence-electron chi connectivity index (χ1n) is 10.5. The normalized spacial score (nSPS) is 19.2. The van der Waals surface area contributed by atoms with Crippen LogP contribution in [0, 0.1) is 6.92 Å². The Balaban J connectivity index is 1.53. The van der Waals surface area contributed by atoms with E-state index in [0.29, 0.717) is 41.0 Å². The lowest BCUT2D eigenvalue weighted by atomic mass is 10.0. The summed E-state index contributed by atoms with van der Waals surface area (Å²) in [5, 5.41) is 10.8. The van der Waals surface area contributed by atoms with Crippen LogP contribution in [0.2, 0.25) is 0 Å². The fraction of sp³-hybridized carbons (Fsp3) is 0.381. The highest BCUT2D eigenvalue weighted by Gasteiger charge is 2.36. The van der Waals surface area contributed by atoms with Crippen LogP contribution < -0.4 is 10.6 Å². The van der Waals surface area contributed by atoms with Gasteiger partial charge in [-0.3, -0.25) is 0 Å². The minimum atomic E-state index is -4.62. The van der Waals surface area contributed by atoms with Gasteiger partial charge in [-0.2, -0.15) is 18.2 Å². The Morgan fingerprint density at radius 3 is 2.70 bits per heavy atom. The van der Waals surface area contributed by atoms with E-state index in [9.17, 15) is 13.2 Å². The van der Waals surface area contributed by atoms with Crippen molar-refractivity contribution in [2.45, 2.75) is 44.9 Å². The molecule has 9 nitrogen and oxygen atoms in total. The van der Waals surface area contributed by atoms with Gasteiger partial charge < -0.3 is 20.1 Å². The van der Waals surface area contributed by atoms with Gasteiger partial charge in [0.25, 0.3) is 0 Å². The van der Waals surface area contributed by atoms with Gasteiger partial charge in [0, 0.05) is 48.9 Å². The minimum absolute atomic E-state index is 0.0383. The number of aromatic amines is 1. The van der Waals surface area contributed by atoms with Crippen LogP contribution in [0.15, 0.2) is 29.0 Å². The van der Waals surface area contributed by atoms with E-state index in [4.69, 9.17) is 4.52 Å². The number of alkyl halides is 3. The predicted molar refractivity (Wildman–Crippen MR) is 114 cm³/mol. The standard InChI is InChI=1S/C21H21F3N8O/c1-10-3-4-12(7-25-10)29-20-27-9-15(21(22,23)24)17(31-20)14-8-26-18-13(14)5-6-16(30-18)19-28-11(2)33-32-19/h5-6,8-10,12,25H,3-4,7H2,1-2H3,(H,26,30)(H,27,29,31)/t10-,12-/m1/s1. The lowest BCUT2D eigenvalue weighted by Crippen LogP contribution is -2.43. The first-order chi connectivity index (χ1) is 15.8. The van der Waals surface area contributed by atoms with Crippen LogP contribution in [0.25, 0.3) is 33.8 Å². The SMILES string of the molecule is Cc1nc(-c2ccc3c(-c4nc(N[C@@H]5CC[C@@H](C)NC5)ncc4C(F)(F)F)c[nH]c3n2)no1. The molecule has 0 aromatic carbocycles. The van der Waals surface area contributed by atoms with Crippen molar-refractivity contribution in [2.75, 3.05) is 11.9 Å². The van der Waals surface area contributed by atoms with Gasteiger partial charge in [-0.15, -0.1) is 0 Å². The van der Waals surface area contributed by atoms with Gasteiger partial charge in [-0.05, 0) is 31.9 Å². The number of nitrogens with one attached hydrogen (secondary N) is 3. The number of anilines is 1. The van der Waals surface area contributed by atoms with E-state index >= 15 is 0 Å². The number of hydrogen-bond donors (Lipinski definition) is 3. The molecule has 33 heavy (non-hydrogen) atoms. The number of piperidine rings is 1. The van der Waals surface area contributed by atoms with Gasteiger partial charge in [0.15, 0.2) is 0 Å². The summed E-state index contributed by atoms with van der Waals surface area (Å²) in [5.74, 6) is 0.837. The van der Waals surface area contributed by atoms with Crippen LogP contribution in [0.1, 0.15) is 31.2 Å². The van der Waals surface area contributed by atoms with E-state index in [1.165, 1.54) is 6.20 Å². The van der Waals surface area contributed by atoms with Gasteiger partial charge in [-0.1, -0.05) is 5.16 Å². The Morgan fingerprint density at radius 2 is 2.00 bits per heavy atom. The van der Waals surface area contributed by atoms with Crippen molar-refractivity contribution in [3.8, 4) is 22.8 Å². The van der Waals surface area contributed by atoms with Crippen LogP contribution in [0.5, 0.6) is 0 Å². The molecule has 4 aromatic rings. The maximum atomic E-state index is 13.8. The highest BCUT2D eigenvalue weighted by molar-refractivity contribution is 5.94. The summed E-state index contributed by atoms with van der Waals surface area (Å²) in [6, 6.07) is 3.74. The van der Waals surface area contributed by atoms with Gasteiger partial charge in [0.05, 0.1) is 5.69 Å². The highest BCUT2D eigenvalue weighted by Crippen LogP contribution is 2.38. The Bertz CT molecular complexity index is 1290. The number of H-pyrrole nitrogens is 1. The lowest BCUT2D eigenvalue weighted by Gasteiger charge is -2.28. The van der Waals surface area contributed by atoms with E-state index in [2.05, 4.69) is 47.6 Å². The molecule has 0 saturated carbocycles. The summed E-state index contributed by atoms with van der Waals surface area (Å²) in [6.45, 7) is 4.45. The molecule has 0 amide bonds. The minimum Gasteiger partial charge on any atom is -0.350 e. The van der Waals surface area contributed by atoms with Crippen molar-refractivity contribution in [2.24, 2.45) is 0 Å².